The van der Waals surface area contributed by atoms with E-state index in [2.05, 4.69) is 31.0 Å². The number of nitrogens with zero attached hydrogens (tertiary/aromatic N) is 1. The SMILES string of the molecule is CC1NC2CN(C(C)C)CC23C[C@H]13. The van der Waals surface area contributed by atoms with E-state index in [1.807, 2.05) is 0 Å². The van der Waals surface area contributed by atoms with Crippen molar-refractivity contribution in [3.8, 4) is 0 Å². The Kier molecular flexibility index (Phi) is 1.45. The highest BCUT2D eigenvalue weighted by atomic mass is 15.3. The van der Waals surface area contributed by atoms with Crippen LogP contribution < -0.4 is 5.32 Å². The molecule has 74 valence electrons. The molecule has 2 saturated heterocycles. The van der Waals surface area contributed by atoms with Crippen molar-refractivity contribution in [1.82, 2.24) is 10.2 Å². The Balaban J connectivity index is 1.79. The Morgan fingerprint density at radius 1 is 1.46 bits per heavy atom. The predicted molar refractivity (Wildman–Crippen MR) is 53.6 cm³/mol. The van der Waals surface area contributed by atoms with Crippen molar-refractivity contribution in [3.05, 3.63) is 0 Å². The molecule has 1 saturated carbocycles. The minimum absolute atomic E-state index is 0.712. The van der Waals surface area contributed by atoms with Crippen LogP contribution in [0.4, 0.5) is 0 Å². The lowest BCUT2D eigenvalue weighted by atomic mass is 10.0. The molecule has 2 heteroatoms. The van der Waals surface area contributed by atoms with Crippen molar-refractivity contribution in [1.29, 1.82) is 0 Å². The Morgan fingerprint density at radius 2 is 2.23 bits per heavy atom. The number of piperidine rings is 1. The van der Waals surface area contributed by atoms with Gasteiger partial charge in [0.2, 0.25) is 0 Å². The zero-order chi connectivity index (χ0) is 9.22. The molecular formula is C11H20N2. The molecule has 2 nitrogen and oxygen atoms in total. The second-order valence-corrected chi connectivity index (χ2v) is 5.57. The summed E-state index contributed by atoms with van der Waals surface area (Å²) in [5.41, 5.74) is 0.712. The van der Waals surface area contributed by atoms with Crippen LogP contribution in [0.5, 0.6) is 0 Å². The first-order chi connectivity index (χ1) is 6.13. The van der Waals surface area contributed by atoms with E-state index in [0.717, 1.165) is 24.0 Å². The Hall–Kier alpha value is -0.0800. The van der Waals surface area contributed by atoms with E-state index < -0.39 is 0 Å². The van der Waals surface area contributed by atoms with Gasteiger partial charge in [0.1, 0.15) is 0 Å². The first-order valence-electron chi connectivity index (χ1n) is 5.63. The molecule has 3 rings (SSSR count). The van der Waals surface area contributed by atoms with Gasteiger partial charge >= 0.3 is 0 Å². The van der Waals surface area contributed by atoms with E-state index in [9.17, 15) is 0 Å². The Morgan fingerprint density at radius 3 is 2.77 bits per heavy atom. The van der Waals surface area contributed by atoms with E-state index in [1.165, 1.54) is 19.5 Å². The van der Waals surface area contributed by atoms with Crippen molar-refractivity contribution in [2.24, 2.45) is 11.3 Å². The summed E-state index contributed by atoms with van der Waals surface area (Å²) in [6, 6.07) is 2.34. The van der Waals surface area contributed by atoms with Gasteiger partial charge in [-0.3, -0.25) is 4.90 Å². The normalized spacial score (nSPS) is 54.0. The molecule has 2 aliphatic heterocycles. The lowest BCUT2D eigenvalue weighted by Gasteiger charge is -2.21. The molecule has 3 unspecified atom stereocenters. The summed E-state index contributed by atoms with van der Waals surface area (Å²) >= 11 is 0. The summed E-state index contributed by atoms with van der Waals surface area (Å²) in [6.07, 6.45) is 1.50. The smallest absolute Gasteiger partial charge is 0.0269 e. The molecule has 0 radical (unpaired) electrons. The predicted octanol–water partition coefficient (Wildman–Crippen LogP) is 1.08. The largest absolute Gasteiger partial charge is 0.309 e. The molecule has 1 N–H and O–H groups in total. The van der Waals surface area contributed by atoms with Crippen LogP contribution in [0.15, 0.2) is 0 Å². The van der Waals surface area contributed by atoms with Gasteiger partial charge in [-0.1, -0.05) is 0 Å². The molecule has 1 spiro atoms. The highest BCUT2D eigenvalue weighted by Gasteiger charge is 2.68. The summed E-state index contributed by atoms with van der Waals surface area (Å²) in [5.74, 6) is 1.00. The second kappa shape index (κ2) is 2.29. The number of likely N-dealkylation sites (tertiary alicyclic amines) is 1. The third-order valence-electron chi connectivity index (χ3n) is 4.58. The van der Waals surface area contributed by atoms with Crippen molar-refractivity contribution in [2.75, 3.05) is 13.1 Å². The summed E-state index contributed by atoms with van der Waals surface area (Å²) in [4.78, 5) is 2.64. The molecule has 0 bridgehead atoms. The van der Waals surface area contributed by atoms with Gasteiger partial charge in [-0.15, -0.1) is 0 Å². The molecule has 2 heterocycles. The minimum Gasteiger partial charge on any atom is -0.309 e. The van der Waals surface area contributed by atoms with Gasteiger partial charge in [-0.25, -0.2) is 0 Å². The summed E-state index contributed by atoms with van der Waals surface area (Å²) in [7, 11) is 0. The number of rotatable bonds is 1. The molecule has 0 aromatic carbocycles. The van der Waals surface area contributed by atoms with E-state index in [0.29, 0.717) is 5.41 Å². The molecule has 3 aliphatic rings. The maximum absolute atomic E-state index is 3.75. The Labute approximate surface area is 80.7 Å². The van der Waals surface area contributed by atoms with Gasteiger partial charge < -0.3 is 5.32 Å². The van der Waals surface area contributed by atoms with Crippen molar-refractivity contribution in [2.45, 2.75) is 45.3 Å². The van der Waals surface area contributed by atoms with Gasteiger partial charge in [0.15, 0.2) is 0 Å². The molecule has 1 aliphatic carbocycles. The monoisotopic (exact) mass is 180 g/mol. The maximum Gasteiger partial charge on any atom is 0.0269 e. The quantitative estimate of drug-likeness (QED) is 0.649. The summed E-state index contributed by atoms with van der Waals surface area (Å²) < 4.78 is 0. The molecular weight excluding hydrogens is 160 g/mol. The maximum atomic E-state index is 3.75. The fraction of sp³-hybridized carbons (Fsp3) is 1.00. The van der Waals surface area contributed by atoms with Crippen LogP contribution in [-0.4, -0.2) is 36.1 Å². The lowest BCUT2D eigenvalue weighted by molar-refractivity contribution is 0.250. The third-order valence-corrected chi connectivity index (χ3v) is 4.58. The fourth-order valence-corrected chi connectivity index (χ4v) is 3.62. The third kappa shape index (κ3) is 0.909. The molecule has 13 heavy (non-hydrogen) atoms. The number of hydrogen-bond donors (Lipinski definition) is 1. The summed E-state index contributed by atoms with van der Waals surface area (Å²) in [5, 5.41) is 3.75. The van der Waals surface area contributed by atoms with Gasteiger partial charge in [0, 0.05) is 36.6 Å². The summed E-state index contributed by atoms with van der Waals surface area (Å²) in [6.45, 7) is 9.64. The lowest BCUT2D eigenvalue weighted by Crippen LogP contribution is -2.38. The molecule has 3 fully saturated rings. The van der Waals surface area contributed by atoms with E-state index in [-0.39, 0.29) is 0 Å². The molecule has 0 aromatic rings. The molecule has 4 atom stereocenters. The van der Waals surface area contributed by atoms with Crippen LogP contribution in [0, 0.1) is 11.3 Å². The van der Waals surface area contributed by atoms with Crippen LogP contribution >= 0.6 is 0 Å². The number of nitrogens with one attached hydrogen (secondary N) is 1. The molecule has 0 aromatic heterocycles. The van der Waals surface area contributed by atoms with Crippen LogP contribution in [0.1, 0.15) is 27.2 Å². The highest BCUT2D eigenvalue weighted by molar-refractivity contribution is 5.23. The van der Waals surface area contributed by atoms with Gasteiger partial charge in [0.05, 0.1) is 0 Å². The average molecular weight is 180 g/mol. The zero-order valence-corrected chi connectivity index (χ0v) is 8.88. The topological polar surface area (TPSA) is 15.3 Å². The van der Waals surface area contributed by atoms with Crippen molar-refractivity contribution >= 4 is 0 Å². The standard InChI is InChI=1S/C11H20N2/c1-7(2)13-5-10-11(6-13)4-9(11)8(3)12-10/h7-10,12H,4-6H2,1-3H3/t8?,9-,10?,11?/m1/s1. The van der Waals surface area contributed by atoms with E-state index in [1.54, 1.807) is 0 Å². The van der Waals surface area contributed by atoms with Crippen molar-refractivity contribution in [3.63, 3.8) is 0 Å². The van der Waals surface area contributed by atoms with Gasteiger partial charge in [0.25, 0.3) is 0 Å². The van der Waals surface area contributed by atoms with E-state index in [4.69, 9.17) is 0 Å². The van der Waals surface area contributed by atoms with Crippen molar-refractivity contribution < 1.29 is 0 Å². The van der Waals surface area contributed by atoms with Crippen LogP contribution in [0.2, 0.25) is 0 Å². The number of hydrogen-bond acceptors (Lipinski definition) is 2. The minimum atomic E-state index is 0.712. The van der Waals surface area contributed by atoms with Gasteiger partial charge in [-0.2, -0.15) is 0 Å². The van der Waals surface area contributed by atoms with Crippen LogP contribution in [0.3, 0.4) is 0 Å². The van der Waals surface area contributed by atoms with Crippen LogP contribution in [0.25, 0.3) is 0 Å². The highest BCUT2D eigenvalue weighted by Crippen LogP contribution is 2.63. The Bertz CT molecular complexity index is 238. The fourth-order valence-electron chi connectivity index (χ4n) is 3.62. The second-order valence-electron chi connectivity index (χ2n) is 5.57. The molecule has 0 amide bonds. The average Bonchev–Trinajstić information content (AvgIpc) is 2.54. The first-order valence-corrected chi connectivity index (χ1v) is 5.63. The van der Waals surface area contributed by atoms with E-state index >= 15 is 0 Å². The first kappa shape index (κ1) is 8.25. The van der Waals surface area contributed by atoms with Crippen LogP contribution in [-0.2, 0) is 0 Å². The zero-order valence-electron chi connectivity index (χ0n) is 8.88. The van der Waals surface area contributed by atoms with Gasteiger partial charge in [-0.05, 0) is 33.1 Å².